The average molecular weight is 227 g/mol. The number of nitrogens with zero attached hydrogens (tertiary/aromatic N) is 1. The molecule has 0 aromatic heterocycles. The highest BCUT2D eigenvalue weighted by Crippen LogP contribution is 2.21. The standard InChI is InChI=1S/C13H29NSi/c1-7-14(8-2)10-9-11-15(5,6)12-13(3)4/h3,7-12H2,1-2,4-6H3. The van der Waals surface area contributed by atoms with Crippen LogP contribution in [-0.4, -0.2) is 32.6 Å². The Morgan fingerprint density at radius 1 is 1.20 bits per heavy atom. The lowest BCUT2D eigenvalue weighted by Gasteiger charge is -2.24. The zero-order valence-electron chi connectivity index (χ0n) is 11.4. The minimum Gasteiger partial charge on any atom is -0.304 e. The van der Waals surface area contributed by atoms with E-state index in [2.05, 4.69) is 45.3 Å². The van der Waals surface area contributed by atoms with Crippen LogP contribution >= 0.6 is 0 Å². The molecule has 90 valence electrons. The molecule has 0 saturated carbocycles. The van der Waals surface area contributed by atoms with Crippen LogP contribution in [0.15, 0.2) is 12.2 Å². The summed E-state index contributed by atoms with van der Waals surface area (Å²) in [7, 11) is -0.985. The first-order valence-corrected chi connectivity index (χ1v) is 9.69. The fourth-order valence-electron chi connectivity index (χ4n) is 2.23. The molecule has 0 radical (unpaired) electrons. The van der Waals surface area contributed by atoms with Crippen LogP contribution in [0.4, 0.5) is 0 Å². The van der Waals surface area contributed by atoms with Crippen LogP contribution in [-0.2, 0) is 0 Å². The summed E-state index contributed by atoms with van der Waals surface area (Å²) in [5.74, 6) is 0. The van der Waals surface area contributed by atoms with E-state index < -0.39 is 8.07 Å². The molecule has 0 unspecified atom stereocenters. The predicted octanol–water partition coefficient (Wildman–Crippen LogP) is 4.00. The lowest BCUT2D eigenvalue weighted by atomic mass is 10.4. The lowest BCUT2D eigenvalue weighted by molar-refractivity contribution is 0.304. The molecule has 0 bridgehead atoms. The maximum Gasteiger partial charge on any atom is 0.0514 e. The summed E-state index contributed by atoms with van der Waals surface area (Å²) in [6.45, 7) is 19.4. The summed E-state index contributed by atoms with van der Waals surface area (Å²) in [5.41, 5.74) is 1.37. The molecule has 0 fully saturated rings. The molecule has 0 aliphatic heterocycles. The van der Waals surface area contributed by atoms with Gasteiger partial charge in [-0.2, -0.15) is 0 Å². The second-order valence-corrected chi connectivity index (χ2v) is 10.6. The first kappa shape index (κ1) is 14.9. The molecular weight excluding hydrogens is 198 g/mol. The normalized spacial score (nSPS) is 12.1. The third-order valence-electron chi connectivity index (χ3n) is 3.00. The van der Waals surface area contributed by atoms with Crippen molar-refractivity contribution in [2.24, 2.45) is 0 Å². The molecule has 0 heterocycles. The molecular formula is C13H29NSi. The lowest BCUT2D eigenvalue weighted by Crippen LogP contribution is -2.29. The largest absolute Gasteiger partial charge is 0.304 e. The third-order valence-corrected chi connectivity index (χ3v) is 6.27. The van der Waals surface area contributed by atoms with Crippen LogP contribution < -0.4 is 0 Å². The van der Waals surface area contributed by atoms with E-state index >= 15 is 0 Å². The number of hydrogen-bond acceptors (Lipinski definition) is 1. The van der Waals surface area contributed by atoms with Gasteiger partial charge in [0.2, 0.25) is 0 Å². The van der Waals surface area contributed by atoms with E-state index in [1.165, 1.54) is 43.7 Å². The molecule has 0 rings (SSSR count). The number of hydrogen-bond donors (Lipinski definition) is 0. The van der Waals surface area contributed by atoms with Gasteiger partial charge in [0, 0.05) is 0 Å². The van der Waals surface area contributed by atoms with Gasteiger partial charge in [0.05, 0.1) is 8.07 Å². The monoisotopic (exact) mass is 227 g/mol. The van der Waals surface area contributed by atoms with E-state index in [1.54, 1.807) is 0 Å². The molecule has 0 aromatic rings. The quantitative estimate of drug-likeness (QED) is 0.447. The second kappa shape index (κ2) is 7.23. The van der Waals surface area contributed by atoms with Gasteiger partial charge in [-0.15, -0.1) is 6.58 Å². The zero-order chi connectivity index (χ0) is 11.9. The van der Waals surface area contributed by atoms with Crippen LogP contribution in [0.3, 0.4) is 0 Å². The third kappa shape index (κ3) is 7.80. The molecule has 0 aliphatic rings. The van der Waals surface area contributed by atoms with E-state index in [-0.39, 0.29) is 0 Å². The van der Waals surface area contributed by atoms with Crippen LogP contribution in [0, 0.1) is 0 Å². The Labute approximate surface area is 97.6 Å². The maximum absolute atomic E-state index is 4.04. The summed E-state index contributed by atoms with van der Waals surface area (Å²) in [5, 5.41) is 0. The Kier molecular flexibility index (Phi) is 7.19. The zero-order valence-corrected chi connectivity index (χ0v) is 12.4. The van der Waals surface area contributed by atoms with Gasteiger partial charge in [0.15, 0.2) is 0 Å². The SMILES string of the molecule is C=C(C)C[Si](C)(C)CCCN(CC)CC. The summed E-state index contributed by atoms with van der Waals surface area (Å²) in [4.78, 5) is 2.52. The highest BCUT2D eigenvalue weighted by molar-refractivity contribution is 6.77. The van der Waals surface area contributed by atoms with Crippen molar-refractivity contribution in [3.63, 3.8) is 0 Å². The summed E-state index contributed by atoms with van der Waals surface area (Å²) in [6.07, 6.45) is 1.37. The second-order valence-electron chi connectivity index (χ2n) is 5.43. The highest BCUT2D eigenvalue weighted by Gasteiger charge is 2.19. The Bertz CT molecular complexity index is 183. The first-order valence-electron chi connectivity index (χ1n) is 6.28. The van der Waals surface area contributed by atoms with Crippen LogP contribution in [0.1, 0.15) is 27.2 Å². The van der Waals surface area contributed by atoms with Gasteiger partial charge in [0.25, 0.3) is 0 Å². The Hall–Kier alpha value is -0.0831. The molecule has 1 nitrogen and oxygen atoms in total. The summed E-state index contributed by atoms with van der Waals surface area (Å²) in [6, 6.07) is 2.74. The summed E-state index contributed by atoms with van der Waals surface area (Å²) < 4.78 is 0. The van der Waals surface area contributed by atoms with E-state index in [0.717, 1.165) is 0 Å². The minimum absolute atomic E-state index is 0.985. The van der Waals surface area contributed by atoms with Crippen LogP contribution in [0.5, 0.6) is 0 Å². The van der Waals surface area contributed by atoms with E-state index in [9.17, 15) is 0 Å². The Morgan fingerprint density at radius 2 is 1.73 bits per heavy atom. The van der Waals surface area contributed by atoms with E-state index in [4.69, 9.17) is 0 Å². The molecule has 15 heavy (non-hydrogen) atoms. The van der Waals surface area contributed by atoms with Crippen molar-refractivity contribution in [2.75, 3.05) is 19.6 Å². The maximum atomic E-state index is 4.04. The molecule has 0 spiro atoms. The van der Waals surface area contributed by atoms with Crippen molar-refractivity contribution in [3.05, 3.63) is 12.2 Å². The molecule has 0 saturated heterocycles. The van der Waals surface area contributed by atoms with Gasteiger partial charge in [-0.3, -0.25) is 0 Å². The molecule has 0 aliphatic carbocycles. The molecule has 0 N–H and O–H groups in total. The first-order chi connectivity index (χ1) is 6.91. The topological polar surface area (TPSA) is 3.24 Å². The van der Waals surface area contributed by atoms with Crippen molar-refractivity contribution in [3.8, 4) is 0 Å². The minimum atomic E-state index is -0.985. The van der Waals surface area contributed by atoms with Crippen LogP contribution in [0.25, 0.3) is 0 Å². The molecule has 2 heteroatoms. The van der Waals surface area contributed by atoms with Gasteiger partial charge in [-0.1, -0.05) is 38.6 Å². The number of allylic oxidation sites excluding steroid dienone is 1. The van der Waals surface area contributed by atoms with Crippen molar-refractivity contribution < 1.29 is 0 Å². The molecule has 0 aromatic carbocycles. The van der Waals surface area contributed by atoms with Crippen molar-refractivity contribution in [1.82, 2.24) is 4.90 Å². The average Bonchev–Trinajstić information content (AvgIpc) is 2.10. The van der Waals surface area contributed by atoms with Crippen molar-refractivity contribution in [1.29, 1.82) is 0 Å². The van der Waals surface area contributed by atoms with Crippen molar-refractivity contribution >= 4 is 8.07 Å². The predicted molar refractivity (Wildman–Crippen MR) is 74.3 cm³/mol. The van der Waals surface area contributed by atoms with Gasteiger partial charge in [-0.25, -0.2) is 0 Å². The van der Waals surface area contributed by atoms with E-state index in [1.807, 2.05) is 0 Å². The van der Waals surface area contributed by atoms with E-state index in [0.29, 0.717) is 0 Å². The van der Waals surface area contributed by atoms with Gasteiger partial charge in [-0.05, 0) is 39.0 Å². The highest BCUT2D eigenvalue weighted by atomic mass is 28.3. The Morgan fingerprint density at radius 3 is 2.13 bits per heavy atom. The smallest absolute Gasteiger partial charge is 0.0514 e. The van der Waals surface area contributed by atoms with Gasteiger partial charge in [0.1, 0.15) is 0 Å². The van der Waals surface area contributed by atoms with Crippen LogP contribution in [0.2, 0.25) is 25.2 Å². The fraction of sp³-hybridized carbons (Fsp3) is 0.846. The molecule has 0 amide bonds. The fourth-order valence-corrected chi connectivity index (χ4v) is 5.15. The van der Waals surface area contributed by atoms with Gasteiger partial charge < -0.3 is 4.90 Å². The van der Waals surface area contributed by atoms with Crippen molar-refractivity contribution in [2.45, 2.75) is 52.4 Å². The molecule has 0 atom stereocenters. The number of rotatable bonds is 8. The summed E-state index contributed by atoms with van der Waals surface area (Å²) >= 11 is 0. The van der Waals surface area contributed by atoms with Gasteiger partial charge >= 0.3 is 0 Å². The Balaban J connectivity index is 3.78.